The molecule has 1 fully saturated rings. The zero-order valence-corrected chi connectivity index (χ0v) is 24.6. The summed E-state index contributed by atoms with van der Waals surface area (Å²) >= 11 is 2.09. The number of nitrogens with zero attached hydrogens (tertiary/aromatic N) is 1. The van der Waals surface area contributed by atoms with Crippen LogP contribution in [0.25, 0.3) is 0 Å². The molecule has 1 saturated carbocycles. The minimum absolute atomic E-state index is 0.0222. The number of hydrogen-bond acceptors (Lipinski definition) is 7. The molecule has 0 aromatic heterocycles. The quantitative estimate of drug-likeness (QED) is 0.228. The molecule has 9 nitrogen and oxygen atoms in total. The zero-order chi connectivity index (χ0) is 27.8. The number of carbonyl (C=O) groups excluding carboxylic acids is 2. The van der Waals surface area contributed by atoms with E-state index in [4.69, 9.17) is 9.47 Å². The standard InChI is InChI=1S/C28H41IN2O7/c1-17(2)28(36)31(20-8-6-4-5-7-9-20)22-14-19(27(35)30-10-11-32)15-23(25(22)34)38-26-21(29)12-18(16-33)13-24(26)37-3/h12-13,15,17,20,22-23,25,32-34H,4-11,14,16H2,1-3H3,(H,30,35). The first-order chi connectivity index (χ1) is 18.2. The number of amides is 2. The minimum atomic E-state index is -1.09. The van der Waals surface area contributed by atoms with Gasteiger partial charge in [-0.3, -0.25) is 9.59 Å². The molecule has 2 amide bonds. The van der Waals surface area contributed by atoms with Crippen molar-refractivity contribution in [3.05, 3.63) is 32.9 Å². The molecule has 3 unspecified atom stereocenters. The summed E-state index contributed by atoms with van der Waals surface area (Å²) in [6.07, 6.45) is 5.76. The fraction of sp³-hybridized carbons (Fsp3) is 0.643. The van der Waals surface area contributed by atoms with Gasteiger partial charge in [0.2, 0.25) is 11.8 Å². The molecule has 0 aliphatic heterocycles. The van der Waals surface area contributed by atoms with Crippen molar-refractivity contribution in [2.45, 2.75) is 89.7 Å². The molecule has 3 atom stereocenters. The summed E-state index contributed by atoms with van der Waals surface area (Å²) < 4.78 is 12.5. The zero-order valence-electron chi connectivity index (χ0n) is 22.5. The van der Waals surface area contributed by atoms with E-state index in [1.807, 2.05) is 18.7 Å². The van der Waals surface area contributed by atoms with E-state index in [0.717, 1.165) is 38.5 Å². The molecule has 1 aromatic carbocycles. The summed E-state index contributed by atoms with van der Waals surface area (Å²) in [5, 5.41) is 33.2. The van der Waals surface area contributed by atoms with Gasteiger partial charge in [-0.15, -0.1) is 0 Å². The van der Waals surface area contributed by atoms with E-state index in [9.17, 15) is 24.9 Å². The highest BCUT2D eigenvalue weighted by atomic mass is 127. The van der Waals surface area contributed by atoms with E-state index in [-0.39, 0.29) is 50.0 Å². The van der Waals surface area contributed by atoms with E-state index in [1.54, 1.807) is 18.2 Å². The third kappa shape index (κ3) is 7.40. The predicted molar refractivity (Wildman–Crippen MR) is 152 cm³/mol. The Hall–Kier alpha value is -1.89. The number of aliphatic hydroxyl groups excluding tert-OH is 3. The van der Waals surface area contributed by atoms with Gasteiger partial charge in [-0.25, -0.2) is 0 Å². The molecular weight excluding hydrogens is 603 g/mol. The second kappa shape index (κ2) is 14.5. The molecule has 4 N–H and O–H groups in total. The van der Waals surface area contributed by atoms with Gasteiger partial charge in [-0.2, -0.15) is 0 Å². The second-order valence-corrected chi connectivity index (χ2v) is 11.5. The number of ether oxygens (including phenoxy) is 2. The van der Waals surface area contributed by atoms with Gasteiger partial charge in [-0.1, -0.05) is 39.5 Å². The van der Waals surface area contributed by atoms with Crippen LogP contribution in [0, 0.1) is 9.49 Å². The number of benzene rings is 1. The molecule has 2 aliphatic rings. The molecule has 0 heterocycles. The van der Waals surface area contributed by atoms with Crippen LogP contribution in [0.5, 0.6) is 11.5 Å². The highest BCUT2D eigenvalue weighted by Crippen LogP contribution is 2.38. The average molecular weight is 645 g/mol. The van der Waals surface area contributed by atoms with Gasteiger partial charge >= 0.3 is 0 Å². The van der Waals surface area contributed by atoms with Gasteiger partial charge in [-0.05, 0) is 59.2 Å². The summed E-state index contributed by atoms with van der Waals surface area (Å²) in [4.78, 5) is 28.5. The maximum absolute atomic E-state index is 13.6. The van der Waals surface area contributed by atoms with Gasteiger partial charge in [0.05, 0.1) is 29.9 Å². The summed E-state index contributed by atoms with van der Waals surface area (Å²) in [6.45, 7) is 3.45. The van der Waals surface area contributed by atoms with Crippen molar-refractivity contribution in [3.8, 4) is 11.5 Å². The van der Waals surface area contributed by atoms with Crippen LogP contribution in [0.3, 0.4) is 0 Å². The molecule has 212 valence electrons. The Bertz CT molecular complexity index is 992. The van der Waals surface area contributed by atoms with Crippen LogP contribution in [-0.4, -0.2) is 76.6 Å². The molecule has 2 aliphatic carbocycles. The topological polar surface area (TPSA) is 129 Å². The normalized spacial score (nSPS) is 22.4. The van der Waals surface area contributed by atoms with Crippen molar-refractivity contribution in [2.24, 2.45) is 5.92 Å². The molecule has 0 radical (unpaired) electrons. The Kier molecular flexibility index (Phi) is 11.7. The number of rotatable bonds is 10. The summed E-state index contributed by atoms with van der Waals surface area (Å²) in [7, 11) is 1.50. The fourth-order valence-electron chi connectivity index (χ4n) is 5.31. The largest absolute Gasteiger partial charge is 0.493 e. The van der Waals surface area contributed by atoms with Crippen molar-refractivity contribution >= 4 is 34.4 Å². The smallest absolute Gasteiger partial charge is 0.247 e. The number of aliphatic hydroxyl groups is 3. The number of nitrogens with one attached hydrogen (secondary N) is 1. The molecule has 0 bridgehead atoms. The van der Waals surface area contributed by atoms with Crippen molar-refractivity contribution in [3.63, 3.8) is 0 Å². The monoisotopic (exact) mass is 644 g/mol. The van der Waals surface area contributed by atoms with Crippen LogP contribution in [0.4, 0.5) is 0 Å². The molecule has 38 heavy (non-hydrogen) atoms. The second-order valence-electron chi connectivity index (χ2n) is 10.3. The number of halogens is 1. The molecule has 0 spiro atoms. The van der Waals surface area contributed by atoms with Gasteiger partial charge in [0, 0.05) is 30.5 Å². The number of methoxy groups -OCH3 is 1. The van der Waals surface area contributed by atoms with E-state index in [2.05, 4.69) is 27.9 Å². The molecule has 10 heteroatoms. The highest BCUT2D eigenvalue weighted by Gasteiger charge is 2.43. The lowest BCUT2D eigenvalue weighted by molar-refractivity contribution is -0.146. The molecular formula is C28H41IN2O7. The van der Waals surface area contributed by atoms with Crippen LogP contribution in [0.1, 0.15) is 64.4 Å². The Morgan fingerprint density at radius 1 is 1.16 bits per heavy atom. The Morgan fingerprint density at radius 2 is 1.84 bits per heavy atom. The lowest BCUT2D eigenvalue weighted by Gasteiger charge is -2.45. The van der Waals surface area contributed by atoms with E-state index < -0.39 is 18.2 Å². The van der Waals surface area contributed by atoms with E-state index in [0.29, 0.717) is 26.2 Å². The Labute approximate surface area is 238 Å². The van der Waals surface area contributed by atoms with Crippen LogP contribution < -0.4 is 14.8 Å². The first-order valence-corrected chi connectivity index (χ1v) is 14.5. The third-order valence-corrected chi connectivity index (χ3v) is 8.07. The predicted octanol–water partition coefficient (Wildman–Crippen LogP) is 2.92. The number of hydrogen-bond donors (Lipinski definition) is 4. The lowest BCUT2D eigenvalue weighted by Crippen LogP contribution is -2.58. The van der Waals surface area contributed by atoms with E-state index >= 15 is 0 Å². The highest BCUT2D eigenvalue weighted by molar-refractivity contribution is 14.1. The van der Waals surface area contributed by atoms with Gasteiger partial charge in [0.25, 0.3) is 0 Å². The summed E-state index contributed by atoms with van der Waals surface area (Å²) in [5.74, 6) is 0.108. The van der Waals surface area contributed by atoms with E-state index in [1.165, 1.54) is 7.11 Å². The van der Waals surface area contributed by atoms with Gasteiger partial charge in [0.15, 0.2) is 11.5 Å². The lowest BCUT2D eigenvalue weighted by atomic mass is 9.86. The average Bonchev–Trinajstić information content (AvgIpc) is 3.19. The van der Waals surface area contributed by atoms with Crippen LogP contribution >= 0.6 is 22.6 Å². The first kappa shape index (κ1) is 30.6. The van der Waals surface area contributed by atoms with Crippen molar-refractivity contribution in [1.29, 1.82) is 0 Å². The SMILES string of the molecule is COc1cc(CO)cc(I)c1OC1C=C(C(=O)NCCO)CC(N(C(=O)C(C)C)C2CCCCCC2)C1O. The molecule has 3 rings (SSSR count). The first-order valence-electron chi connectivity index (χ1n) is 13.5. The van der Waals surface area contributed by atoms with Crippen LogP contribution in [0.2, 0.25) is 0 Å². The molecule has 1 aromatic rings. The van der Waals surface area contributed by atoms with Gasteiger partial charge in [0.1, 0.15) is 12.2 Å². The minimum Gasteiger partial charge on any atom is -0.493 e. The maximum atomic E-state index is 13.6. The van der Waals surface area contributed by atoms with Crippen molar-refractivity contribution < 1.29 is 34.4 Å². The van der Waals surface area contributed by atoms with Crippen molar-refractivity contribution in [2.75, 3.05) is 20.3 Å². The van der Waals surface area contributed by atoms with Crippen molar-refractivity contribution in [1.82, 2.24) is 10.2 Å². The molecule has 0 saturated heterocycles. The summed E-state index contributed by atoms with van der Waals surface area (Å²) in [6, 6.07) is 2.76. The summed E-state index contributed by atoms with van der Waals surface area (Å²) in [5.41, 5.74) is 1.05. The van der Waals surface area contributed by atoms with Gasteiger partial charge < -0.3 is 35.0 Å². The van der Waals surface area contributed by atoms with Crippen LogP contribution in [-0.2, 0) is 16.2 Å². The fourth-order valence-corrected chi connectivity index (χ4v) is 6.10. The Morgan fingerprint density at radius 3 is 2.42 bits per heavy atom. The third-order valence-electron chi connectivity index (χ3n) is 7.26. The number of carbonyl (C=O) groups is 2. The van der Waals surface area contributed by atoms with Crippen LogP contribution in [0.15, 0.2) is 23.8 Å². The Balaban J connectivity index is 2.03. The maximum Gasteiger partial charge on any atom is 0.247 e.